The Hall–Kier alpha value is -1.47. The Bertz CT molecular complexity index is 453. The predicted octanol–water partition coefficient (Wildman–Crippen LogP) is 2.33. The van der Waals surface area contributed by atoms with Gasteiger partial charge in [0.1, 0.15) is 0 Å². The number of carboxylic acids is 1. The number of likely N-dealkylation sites (tertiary alicyclic amines) is 1. The molecule has 22 heavy (non-hydrogen) atoms. The van der Waals surface area contributed by atoms with Gasteiger partial charge in [-0.15, -0.1) is 0 Å². The van der Waals surface area contributed by atoms with Crippen LogP contribution in [0.3, 0.4) is 0 Å². The number of carbonyl (C=O) groups is 2. The number of rotatable bonds is 4. The number of amides is 2. The van der Waals surface area contributed by atoms with Crippen LogP contribution < -0.4 is 5.32 Å². The lowest BCUT2D eigenvalue weighted by Crippen LogP contribution is -2.41. The average molecular weight is 322 g/mol. The van der Waals surface area contributed by atoms with Crippen LogP contribution in [0.4, 0.5) is 18.0 Å². The fourth-order valence-corrected chi connectivity index (χ4v) is 3.09. The Labute approximate surface area is 126 Å². The lowest BCUT2D eigenvalue weighted by molar-refractivity contribution is -0.187. The first-order chi connectivity index (χ1) is 10.1. The molecule has 5 nitrogen and oxygen atoms in total. The van der Waals surface area contributed by atoms with E-state index < -0.39 is 43.1 Å². The third-order valence-electron chi connectivity index (χ3n) is 4.35. The molecule has 1 aliphatic heterocycles. The zero-order valence-corrected chi connectivity index (χ0v) is 12.6. The number of halogens is 3. The quantitative estimate of drug-likeness (QED) is 0.834. The van der Waals surface area contributed by atoms with Crippen molar-refractivity contribution in [3.05, 3.63) is 0 Å². The van der Waals surface area contributed by atoms with Crippen molar-refractivity contribution < 1.29 is 27.9 Å². The summed E-state index contributed by atoms with van der Waals surface area (Å²) in [6, 6.07) is -0.586. The molecule has 0 aromatic carbocycles. The maximum Gasteiger partial charge on any atom is 0.394 e. The van der Waals surface area contributed by atoms with E-state index in [1.807, 2.05) is 0 Å². The van der Waals surface area contributed by atoms with Gasteiger partial charge in [-0.1, -0.05) is 13.8 Å². The Balaban J connectivity index is 1.91. The van der Waals surface area contributed by atoms with Gasteiger partial charge >= 0.3 is 18.2 Å². The molecule has 2 rings (SSSR count). The van der Waals surface area contributed by atoms with Crippen LogP contribution in [0.2, 0.25) is 0 Å². The van der Waals surface area contributed by atoms with E-state index in [4.69, 9.17) is 5.11 Å². The van der Waals surface area contributed by atoms with E-state index in [1.165, 1.54) is 0 Å². The molecular formula is C14H21F3N2O3. The lowest BCUT2D eigenvalue weighted by atomic mass is 9.96. The summed E-state index contributed by atoms with van der Waals surface area (Å²) in [4.78, 5) is 24.0. The maximum absolute atomic E-state index is 12.9. The molecule has 0 bridgehead atoms. The Morgan fingerprint density at radius 2 is 1.95 bits per heavy atom. The van der Waals surface area contributed by atoms with E-state index in [2.05, 4.69) is 19.2 Å². The van der Waals surface area contributed by atoms with Crippen LogP contribution in [-0.2, 0) is 4.79 Å². The minimum Gasteiger partial charge on any atom is -0.481 e. The van der Waals surface area contributed by atoms with Crippen molar-refractivity contribution >= 4 is 12.0 Å². The zero-order chi connectivity index (χ0) is 16.7. The lowest BCUT2D eigenvalue weighted by Gasteiger charge is -2.19. The van der Waals surface area contributed by atoms with Gasteiger partial charge in [0.05, 0.1) is 11.8 Å². The van der Waals surface area contributed by atoms with Gasteiger partial charge in [0, 0.05) is 19.1 Å². The topological polar surface area (TPSA) is 69.6 Å². The summed E-state index contributed by atoms with van der Waals surface area (Å²) < 4.78 is 38.6. The molecule has 126 valence electrons. The molecule has 2 N–H and O–H groups in total. The molecule has 0 unspecified atom stereocenters. The van der Waals surface area contributed by atoms with Crippen molar-refractivity contribution in [3.63, 3.8) is 0 Å². The van der Waals surface area contributed by atoms with Crippen LogP contribution >= 0.6 is 0 Å². The first-order valence-electron chi connectivity index (χ1n) is 7.44. The molecule has 1 saturated carbocycles. The number of alkyl halides is 3. The number of urea groups is 1. The largest absolute Gasteiger partial charge is 0.481 e. The van der Waals surface area contributed by atoms with Crippen molar-refractivity contribution in [1.82, 2.24) is 10.2 Å². The second kappa shape index (κ2) is 5.96. The van der Waals surface area contributed by atoms with E-state index in [9.17, 15) is 22.8 Å². The van der Waals surface area contributed by atoms with Crippen LogP contribution in [0.15, 0.2) is 0 Å². The Morgan fingerprint density at radius 3 is 2.41 bits per heavy atom. The fraction of sp³-hybridized carbons (Fsp3) is 0.857. The average Bonchev–Trinajstić information content (AvgIpc) is 2.91. The number of aliphatic carboxylic acids is 1. The van der Waals surface area contributed by atoms with Crippen molar-refractivity contribution in [3.8, 4) is 0 Å². The van der Waals surface area contributed by atoms with E-state index in [-0.39, 0.29) is 6.04 Å². The molecule has 2 fully saturated rings. The minimum atomic E-state index is -4.61. The highest BCUT2D eigenvalue weighted by molar-refractivity contribution is 5.78. The highest BCUT2D eigenvalue weighted by Gasteiger charge is 2.54. The Kier molecular flexibility index (Phi) is 4.58. The number of hydrogen-bond acceptors (Lipinski definition) is 2. The molecule has 8 heteroatoms. The molecule has 4 atom stereocenters. The smallest absolute Gasteiger partial charge is 0.394 e. The molecule has 2 amide bonds. The molecule has 0 aromatic heterocycles. The monoisotopic (exact) mass is 322 g/mol. The van der Waals surface area contributed by atoms with Crippen LogP contribution in [-0.4, -0.2) is 47.3 Å². The summed E-state index contributed by atoms with van der Waals surface area (Å²) in [5, 5.41) is 11.6. The van der Waals surface area contributed by atoms with Gasteiger partial charge in [-0.3, -0.25) is 4.79 Å². The van der Waals surface area contributed by atoms with Crippen LogP contribution in [0.5, 0.6) is 0 Å². The number of nitrogens with one attached hydrogen (secondary N) is 1. The standard InChI is InChI=1S/C14H21F3N2O3/c1-7(2)3-8-4-11(8)18-13(22)19-5-9(12(20)21)10(6-19)14(15,16)17/h7-11H,3-6H2,1-2H3,(H,18,22)(H,20,21)/t8-,9-,10-,11-/m1/s1. The van der Waals surface area contributed by atoms with Crippen molar-refractivity contribution in [1.29, 1.82) is 0 Å². The second-order valence-electron chi connectivity index (χ2n) is 6.68. The van der Waals surface area contributed by atoms with Crippen LogP contribution in [0.25, 0.3) is 0 Å². The molecule has 0 spiro atoms. The Morgan fingerprint density at radius 1 is 1.32 bits per heavy atom. The van der Waals surface area contributed by atoms with E-state index in [0.29, 0.717) is 11.8 Å². The van der Waals surface area contributed by atoms with Gasteiger partial charge in [-0.05, 0) is 24.7 Å². The molecule has 1 aliphatic carbocycles. The van der Waals surface area contributed by atoms with E-state index in [1.54, 1.807) is 0 Å². The highest BCUT2D eigenvalue weighted by Crippen LogP contribution is 2.39. The number of hydrogen-bond donors (Lipinski definition) is 2. The summed E-state index contributed by atoms with van der Waals surface area (Å²) in [5.74, 6) is -4.22. The summed E-state index contributed by atoms with van der Waals surface area (Å²) >= 11 is 0. The fourth-order valence-electron chi connectivity index (χ4n) is 3.09. The van der Waals surface area contributed by atoms with Gasteiger partial charge in [-0.2, -0.15) is 13.2 Å². The second-order valence-corrected chi connectivity index (χ2v) is 6.68. The third-order valence-corrected chi connectivity index (χ3v) is 4.35. The van der Waals surface area contributed by atoms with Crippen LogP contribution in [0.1, 0.15) is 26.7 Å². The summed E-state index contributed by atoms with van der Waals surface area (Å²) in [6.45, 7) is 3.16. The molecule has 1 heterocycles. The minimum absolute atomic E-state index is 0.00288. The number of carboxylic acid groups (broad SMARTS) is 1. The molecule has 0 radical (unpaired) electrons. The SMILES string of the molecule is CC(C)C[C@@H]1C[C@H]1NC(=O)N1C[C@@H](C(F)(F)F)[C@H](C(=O)O)C1. The summed E-state index contributed by atoms with van der Waals surface area (Å²) in [6.07, 6.45) is -2.81. The molecule has 2 aliphatic rings. The third kappa shape index (κ3) is 3.84. The maximum atomic E-state index is 12.9. The van der Waals surface area contributed by atoms with Gasteiger partial charge in [-0.25, -0.2) is 4.79 Å². The summed E-state index contributed by atoms with van der Waals surface area (Å²) in [7, 11) is 0. The van der Waals surface area contributed by atoms with Gasteiger partial charge in [0.15, 0.2) is 0 Å². The number of nitrogens with zero attached hydrogens (tertiary/aromatic N) is 1. The summed E-state index contributed by atoms with van der Waals surface area (Å²) in [5.41, 5.74) is 0. The molecular weight excluding hydrogens is 301 g/mol. The van der Waals surface area contributed by atoms with Gasteiger partial charge in [0.2, 0.25) is 0 Å². The number of carbonyl (C=O) groups excluding carboxylic acids is 1. The molecule has 0 aromatic rings. The zero-order valence-electron chi connectivity index (χ0n) is 12.6. The van der Waals surface area contributed by atoms with Gasteiger partial charge < -0.3 is 15.3 Å². The van der Waals surface area contributed by atoms with Crippen molar-refractivity contribution in [2.45, 2.75) is 38.9 Å². The van der Waals surface area contributed by atoms with Gasteiger partial charge in [0.25, 0.3) is 0 Å². The highest BCUT2D eigenvalue weighted by atomic mass is 19.4. The van der Waals surface area contributed by atoms with Crippen molar-refractivity contribution in [2.75, 3.05) is 13.1 Å². The van der Waals surface area contributed by atoms with E-state index in [0.717, 1.165) is 17.7 Å². The van der Waals surface area contributed by atoms with E-state index >= 15 is 0 Å². The van der Waals surface area contributed by atoms with Crippen molar-refractivity contribution in [2.24, 2.45) is 23.7 Å². The molecule has 1 saturated heterocycles. The normalized spacial score (nSPS) is 31.5. The first kappa shape index (κ1) is 16.9. The predicted molar refractivity (Wildman–Crippen MR) is 72.1 cm³/mol. The first-order valence-corrected chi connectivity index (χ1v) is 7.44. The van der Waals surface area contributed by atoms with Crippen LogP contribution in [0, 0.1) is 23.7 Å².